The number of aromatic nitrogens is 2. The third-order valence-corrected chi connectivity index (χ3v) is 5.14. The number of hydrogen-bond donors (Lipinski definition) is 1. The second-order valence-electron chi connectivity index (χ2n) is 5.94. The SMILES string of the molecule is CN=C(NCCc1c(C)noc1C)N(C)Cc1csc(C(C)OC)n1. The summed E-state index contributed by atoms with van der Waals surface area (Å²) < 4.78 is 10.5. The number of thiazole rings is 1. The van der Waals surface area contributed by atoms with Crippen molar-refractivity contribution in [3.05, 3.63) is 33.1 Å². The van der Waals surface area contributed by atoms with E-state index in [0.717, 1.165) is 46.6 Å². The van der Waals surface area contributed by atoms with Crippen molar-refractivity contribution in [3.63, 3.8) is 0 Å². The highest BCUT2D eigenvalue weighted by atomic mass is 32.1. The van der Waals surface area contributed by atoms with Gasteiger partial charge in [-0.05, 0) is 27.2 Å². The molecule has 1 unspecified atom stereocenters. The lowest BCUT2D eigenvalue weighted by atomic mass is 10.1. The van der Waals surface area contributed by atoms with E-state index in [-0.39, 0.29) is 6.10 Å². The Kier molecular flexibility index (Phi) is 6.95. The summed E-state index contributed by atoms with van der Waals surface area (Å²) in [5.74, 6) is 1.71. The highest BCUT2D eigenvalue weighted by molar-refractivity contribution is 7.09. The first kappa shape index (κ1) is 19.4. The van der Waals surface area contributed by atoms with Crippen LogP contribution in [0, 0.1) is 13.8 Å². The number of rotatable bonds is 7. The van der Waals surface area contributed by atoms with Crippen LogP contribution in [0.4, 0.5) is 0 Å². The minimum absolute atomic E-state index is 0.0246. The van der Waals surface area contributed by atoms with Crippen LogP contribution in [0.3, 0.4) is 0 Å². The fraction of sp³-hybridized carbons (Fsp3) is 0.588. The Morgan fingerprint density at radius 1 is 1.48 bits per heavy atom. The predicted molar refractivity (Wildman–Crippen MR) is 100 cm³/mol. The standard InChI is InChI=1S/C17H27N5O2S/c1-11-15(12(2)24-21-11)7-8-19-17(18-4)22(5)9-14-10-25-16(20-14)13(3)23-6/h10,13H,7-9H2,1-6H3,(H,18,19). The van der Waals surface area contributed by atoms with Gasteiger partial charge in [0.15, 0.2) is 5.96 Å². The lowest BCUT2D eigenvalue weighted by Gasteiger charge is -2.21. The minimum atomic E-state index is 0.0246. The summed E-state index contributed by atoms with van der Waals surface area (Å²) in [4.78, 5) is 11.0. The Balaban J connectivity index is 1.88. The Morgan fingerprint density at radius 3 is 2.84 bits per heavy atom. The van der Waals surface area contributed by atoms with E-state index in [4.69, 9.17) is 9.26 Å². The van der Waals surface area contributed by atoms with Gasteiger partial charge in [-0.25, -0.2) is 4.98 Å². The summed E-state index contributed by atoms with van der Waals surface area (Å²) in [6, 6.07) is 0. The fourth-order valence-electron chi connectivity index (χ4n) is 2.54. The lowest BCUT2D eigenvalue weighted by molar-refractivity contribution is 0.119. The maximum atomic E-state index is 5.32. The molecule has 0 aromatic carbocycles. The zero-order valence-electron chi connectivity index (χ0n) is 15.8. The molecule has 2 aromatic rings. The number of aryl methyl sites for hydroxylation is 2. The zero-order chi connectivity index (χ0) is 18.4. The van der Waals surface area contributed by atoms with Crippen LogP contribution in [0.25, 0.3) is 0 Å². The number of ether oxygens (including phenoxy) is 1. The van der Waals surface area contributed by atoms with Gasteiger partial charge in [0.25, 0.3) is 0 Å². The monoisotopic (exact) mass is 365 g/mol. The van der Waals surface area contributed by atoms with E-state index in [1.165, 1.54) is 0 Å². The van der Waals surface area contributed by atoms with Crippen molar-refractivity contribution in [1.29, 1.82) is 0 Å². The summed E-state index contributed by atoms with van der Waals surface area (Å²) in [6.07, 6.45) is 0.872. The molecule has 25 heavy (non-hydrogen) atoms. The van der Waals surface area contributed by atoms with Crippen molar-refractivity contribution in [2.75, 3.05) is 27.7 Å². The van der Waals surface area contributed by atoms with Crippen LogP contribution in [-0.4, -0.2) is 48.8 Å². The summed E-state index contributed by atoms with van der Waals surface area (Å²) in [7, 11) is 5.49. The van der Waals surface area contributed by atoms with Crippen LogP contribution in [0.15, 0.2) is 14.9 Å². The second-order valence-corrected chi connectivity index (χ2v) is 6.83. The maximum Gasteiger partial charge on any atom is 0.193 e. The van der Waals surface area contributed by atoms with E-state index in [2.05, 4.69) is 30.7 Å². The number of guanidine groups is 1. The van der Waals surface area contributed by atoms with Gasteiger partial charge in [0.2, 0.25) is 0 Å². The van der Waals surface area contributed by atoms with Crippen LogP contribution in [-0.2, 0) is 17.7 Å². The maximum absolute atomic E-state index is 5.32. The van der Waals surface area contributed by atoms with Crippen molar-refractivity contribution in [3.8, 4) is 0 Å². The number of methoxy groups -OCH3 is 1. The van der Waals surface area contributed by atoms with Crippen LogP contribution < -0.4 is 5.32 Å². The average molecular weight is 366 g/mol. The van der Waals surface area contributed by atoms with E-state index in [9.17, 15) is 0 Å². The van der Waals surface area contributed by atoms with Crippen LogP contribution in [0.1, 0.15) is 40.7 Å². The van der Waals surface area contributed by atoms with Crippen molar-refractivity contribution >= 4 is 17.3 Å². The molecule has 1 N–H and O–H groups in total. The molecule has 8 heteroatoms. The van der Waals surface area contributed by atoms with Crippen LogP contribution in [0.5, 0.6) is 0 Å². The first-order valence-electron chi connectivity index (χ1n) is 8.26. The van der Waals surface area contributed by atoms with Gasteiger partial charge in [-0.3, -0.25) is 4.99 Å². The zero-order valence-corrected chi connectivity index (χ0v) is 16.6. The molecule has 138 valence electrons. The third kappa shape index (κ3) is 5.02. The van der Waals surface area contributed by atoms with E-state index < -0.39 is 0 Å². The quantitative estimate of drug-likeness (QED) is 0.601. The lowest BCUT2D eigenvalue weighted by Crippen LogP contribution is -2.39. The predicted octanol–water partition coefficient (Wildman–Crippen LogP) is 2.71. The molecule has 7 nitrogen and oxygen atoms in total. The van der Waals surface area contributed by atoms with E-state index >= 15 is 0 Å². The number of nitrogens with zero attached hydrogens (tertiary/aromatic N) is 4. The van der Waals surface area contributed by atoms with Crippen LogP contribution >= 0.6 is 11.3 Å². The molecule has 2 heterocycles. The van der Waals surface area contributed by atoms with Gasteiger partial charge in [-0.2, -0.15) is 0 Å². The first-order chi connectivity index (χ1) is 12.0. The van der Waals surface area contributed by atoms with Crippen molar-refractivity contribution in [1.82, 2.24) is 20.4 Å². The van der Waals surface area contributed by atoms with E-state index in [1.54, 1.807) is 25.5 Å². The van der Waals surface area contributed by atoms with Crippen LogP contribution in [0.2, 0.25) is 0 Å². The van der Waals surface area contributed by atoms with Gasteiger partial charge in [0.05, 0.1) is 17.9 Å². The number of nitrogens with one attached hydrogen (secondary N) is 1. The molecule has 2 rings (SSSR count). The molecule has 0 saturated heterocycles. The smallest absolute Gasteiger partial charge is 0.193 e. The summed E-state index contributed by atoms with van der Waals surface area (Å²) in [5.41, 5.74) is 3.12. The van der Waals surface area contributed by atoms with E-state index in [1.807, 2.05) is 27.8 Å². The molecule has 0 radical (unpaired) electrons. The summed E-state index contributed by atoms with van der Waals surface area (Å²) in [6.45, 7) is 7.37. The van der Waals surface area contributed by atoms with Gasteiger partial charge in [-0.1, -0.05) is 5.16 Å². The van der Waals surface area contributed by atoms with Gasteiger partial charge in [0.1, 0.15) is 16.9 Å². The van der Waals surface area contributed by atoms with Gasteiger partial charge in [0, 0.05) is 38.7 Å². The number of hydrogen-bond acceptors (Lipinski definition) is 6. The Bertz CT molecular complexity index is 690. The topological polar surface area (TPSA) is 75.8 Å². The first-order valence-corrected chi connectivity index (χ1v) is 9.14. The molecular formula is C17H27N5O2S. The molecule has 0 saturated carbocycles. The Hall–Kier alpha value is -1.93. The fourth-order valence-corrected chi connectivity index (χ4v) is 3.39. The highest BCUT2D eigenvalue weighted by Crippen LogP contribution is 2.21. The Labute approximate surface area is 153 Å². The molecule has 0 aliphatic heterocycles. The average Bonchev–Trinajstić information content (AvgIpc) is 3.18. The van der Waals surface area contributed by atoms with Crippen molar-refractivity contribution in [2.45, 2.75) is 39.8 Å². The Morgan fingerprint density at radius 2 is 2.24 bits per heavy atom. The third-order valence-electron chi connectivity index (χ3n) is 4.08. The molecule has 0 fully saturated rings. The molecule has 0 amide bonds. The summed E-state index contributed by atoms with van der Waals surface area (Å²) >= 11 is 1.62. The largest absolute Gasteiger partial charge is 0.375 e. The molecular weight excluding hydrogens is 338 g/mol. The molecule has 1 atom stereocenters. The normalized spacial score (nSPS) is 13.1. The van der Waals surface area contributed by atoms with Gasteiger partial charge in [-0.15, -0.1) is 11.3 Å². The second kappa shape index (κ2) is 8.96. The van der Waals surface area contributed by atoms with E-state index in [0.29, 0.717) is 6.54 Å². The minimum Gasteiger partial charge on any atom is -0.375 e. The molecule has 0 aliphatic rings. The van der Waals surface area contributed by atoms with Gasteiger partial charge < -0.3 is 19.5 Å². The molecule has 2 aromatic heterocycles. The number of aliphatic imine (C=N–C) groups is 1. The molecule has 0 spiro atoms. The molecule has 0 bridgehead atoms. The molecule has 0 aliphatic carbocycles. The highest BCUT2D eigenvalue weighted by Gasteiger charge is 2.13. The van der Waals surface area contributed by atoms with Gasteiger partial charge >= 0.3 is 0 Å². The summed E-state index contributed by atoms with van der Waals surface area (Å²) in [5, 5.41) is 10.4. The van der Waals surface area contributed by atoms with Crippen molar-refractivity contribution in [2.24, 2.45) is 4.99 Å². The van der Waals surface area contributed by atoms with Crippen molar-refractivity contribution < 1.29 is 9.26 Å².